The van der Waals surface area contributed by atoms with Gasteiger partial charge in [0, 0.05) is 18.3 Å². The van der Waals surface area contributed by atoms with E-state index in [9.17, 15) is 9.59 Å². The van der Waals surface area contributed by atoms with Gasteiger partial charge in [-0.25, -0.2) is 9.78 Å². The minimum atomic E-state index is -0.526. The van der Waals surface area contributed by atoms with Gasteiger partial charge in [-0.15, -0.1) is 0 Å². The Kier molecular flexibility index (Phi) is 3.84. The summed E-state index contributed by atoms with van der Waals surface area (Å²) in [6.45, 7) is 4.23. The van der Waals surface area contributed by atoms with Crippen molar-refractivity contribution in [2.45, 2.75) is 20.3 Å². The molecule has 0 bridgehead atoms. The maximum atomic E-state index is 12.8. The fourth-order valence-electron chi connectivity index (χ4n) is 3.00. The van der Waals surface area contributed by atoms with Crippen LogP contribution in [0.5, 0.6) is 0 Å². The van der Waals surface area contributed by atoms with Crippen LogP contribution in [0.3, 0.4) is 0 Å². The summed E-state index contributed by atoms with van der Waals surface area (Å²) in [6.07, 6.45) is 2.69. The molecule has 0 aliphatic heterocycles. The third-order valence-electron chi connectivity index (χ3n) is 4.10. The third kappa shape index (κ3) is 2.88. The van der Waals surface area contributed by atoms with Gasteiger partial charge in [-0.2, -0.15) is 0 Å². The fraction of sp³-hybridized carbons (Fsp3) is 0.211. The molecular formula is C19H18N4O3. The number of carbonyl (C=O) groups excluding carboxylic acids is 1. The number of pyridine rings is 1. The first-order valence-electron chi connectivity index (χ1n) is 8.41. The highest BCUT2D eigenvalue weighted by atomic mass is 16.4. The number of aromatic nitrogens is 3. The van der Waals surface area contributed by atoms with Crippen LogP contribution in [0.15, 0.2) is 51.8 Å². The number of anilines is 1. The molecule has 0 saturated heterocycles. The second kappa shape index (κ2) is 6.18. The molecular weight excluding hydrogens is 332 g/mol. The number of hydrogen-bond acceptors (Lipinski definition) is 4. The average molecular weight is 350 g/mol. The number of nitrogens with zero attached hydrogens (tertiary/aromatic N) is 2. The van der Waals surface area contributed by atoms with Gasteiger partial charge in [0.05, 0.1) is 11.0 Å². The molecule has 0 spiro atoms. The quantitative estimate of drug-likeness (QED) is 0.591. The molecule has 3 heterocycles. The van der Waals surface area contributed by atoms with Crippen LogP contribution in [0.4, 0.5) is 5.69 Å². The van der Waals surface area contributed by atoms with Gasteiger partial charge in [0.25, 0.3) is 5.91 Å². The van der Waals surface area contributed by atoms with Gasteiger partial charge < -0.3 is 14.1 Å². The third-order valence-corrected chi connectivity index (χ3v) is 4.10. The van der Waals surface area contributed by atoms with Gasteiger partial charge in [0.2, 0.25) is 0 Å². The standard InChI is InChI=1S/C19H18N4O3/c1-11(2)9-16-22-17(14-5-3-4-8-23(14)16)18(24)20-12-6-7-15-13(10-12)21-19(25)26-15/h3-8,10-11H,9H2,1-2H3,(H,20,24)(H,21,25). The number of hydrogen-bond donors (Lipinski definition) is 2. The summed E-state index contributed by atoms with van der Waals surface area (Å²) < 4.78 is 6.92. The zero-order chi connectivity index (χ0) is 18.3. The number of oxazole rings is 1. The zero-order valence-corrected chi connectivity index (χ0v) is 14.4. The molecule has 0 radical (unpaired) electrons. The Morgan fingerprint density at radius 2 is 2.15 bits per heavy atom. The van der Waals surface area contributed by atoms with Crippen molar-refractivity contribution in [2.24, 2.45) is 5.92 Å². The highest BCUT2D eigenvalue weighted by molar-refractivity contribution is 6.08. The first-order chi connectivity index (χ1) is 12.5. The molecule has 2 N–H and O–H groups in total. The van der Waals surface area contributed by atoms with Gasteiger partial charge in [-0.3, -0.25) is 9.78 Å². The SMILES string of the molecule is CC(C)Cc1nc(C(=O)Nc2ccc3oc(=O)[nH]c3c2)c2ccccn12. The van der Waals surface area contributed by atoms with Crippen molar-refractivity contribution in [3.05, 3.63) is 64.7 Å². The fourth-order valence-corrected chi connectivity index (χ4v) is 3.00. The molecule has 4 rings (SSSR count). The summed E-state index contributed by atoms with van der Waals surface area (Å²) in [6, 6.07) is 10.7. The van der Waals surface area contributed by atoms with E-state index >= 15 is 0 Å². The Hall–Kier alpha value is -3.35. The number of nitrogens with one attached hydrogen (secondary N) is 2. The molecule has 26 heavy (non-hydrogen) atoms. The summed E-state index contributed by atoms with van der Waals surface area (Å²) in [5, 5.41) is 2.84. The van der Waals surface area contributed by atoms with Crippen LogP contribution < -0.4 is 11.1 Å². The molecule has 132 valence electrons. The maximum absolute atomic E-state index is 12.8. The summed E-state index contributed by atoms with van der Waals surface area (Å²) in [5.74, 6) is 0.461. The molecule has 7 heteroatoms. The lowest BCUT2D eigenvalue weighted by atomic mass is 10.1. The van der Waals surface area contributed by atoms with Crippen molar-refractivity contribution in [3.8, 4) is 0 Å². The first-order valence-corrected chi connectivity index (χ1v) is 8.41. The van der Waals surface area contributed by atoms with Crippen molar-refractivity contribution in [2.75, 3.05) is 5.32 Å². The Bertz CT molecular complexity index is 1170. The minimum Gasteiger partial charge on any atom is -0.408 e. The lowest BCUT2D eigenvalue weighted by Crippen LogP contribution is -2.13. The van der Waals surface area contributed by atoms with Crippen LogP contribution in [0.25, 0.3) is 16.6 Å². The van der Waals surface area contributed by atoms with E-state index in [0.717, 1.165) is 17.8 Å². The van der Waals surface area contributed by atoms with Crippen LogP contribution in [0.2, 0.25) is 0 Å². The molecule has 4 aromatic rings. The number of amides is 1. The molecule has 0 saturated carbocycles. The predicted molar refractivity (Wildman–Crippen MR) is 98.5 cm³/mol. The Labute approximate surface area is 148 Å². The molecule has 1 amide bonds. The van der Waals surface area contributed by atoms with Crippen LogP contribution in [0, 0.1) is 5.92 Å². The van der Waals surface area contributed by atoms with Crippen LogP contribution >= 0.6 is 0 Å². The lowest BCUT2D eigenvalue weighted by Gasteiger charge is -2.03. The Balaban J connectivity index is 1.69. The highest BCUT2D eigenvalue weighted by Crippen LogP contribution is 2.20. The first kappa shape index (κ1) is 16.1. The van der Waals surface area contributed by atoms with Crippen molar-refractivity contribution in [1.82, 2.24) is 14.4 Å². The Morgan fingerprint density at radius 3 is 2.96 bits per heavy atom. The van der Waals surface area contributed by atoms with Crippen molar-refractivity contribution >= 4 is 28.2 Å². The van der Waals surface area contributed by atoms with Crippen LogP contribution in [-0.2, 0) is 6.42 Å². The smallest absolute Gasteiger partial charge is 0.408 e. The largest absolute Gasteiger partial charge is 0.417 e. The number of imidazole rings is 1. The van der Waals surface area contributed by atoms with E-state index in [1.165, 1.54) is 0 Å². The summed E-state index contributed by atoms with van der Waals surface area (Å²) >= 11 is 0. The molecule has 0 aliphatic rings. The second-order valence-corrected chi connectivity index (χ2v) is 6.61. The van der Waals surface area contributed by atoms with Gasteiger partial charge in [-0.1, -0.05) is 19.9 Å². The topological polar surface area (TPSA) is 92.4 Å². The van der Waals surface area contributed by atoms with E-state index in [1.54, 1.807) is 18.2 Å². The molecule has 1 aromatic carbocycles. The monoisotopic (exact) mass is 350 g/mol. The van der Waals surface area contributed by atoms with Gasteiger partial charge in [-0.05, 0) is 36.2 Å². The molecule has 0 unspecified atom stereocenters. The number of rotatable bonds is 4. The normalized spacial score (nSPS) is 11.5. The zero-order valence-electron chi connectivity index (χ0n) is 14.4. The van der Waals surface area contributed by atoms with E-state index in [1.807, 2.05) is 28.8 Å². The number of fused-ring (bicyclic) bond motifs is 2. The van der Waals surface area contributed by atoms with Crippen LogP contribution in [-0.4, -0.2) is 20.3 Å². The van der Waals surface area contributed by atoms with E-state index in [-0.39, 0.29) is 5.91 Å². The van der Waals surface area contributed by atoms with Gasteiger partial charge in [0.15, 0.2) is 11.3 Å². The van der Waals surface area contributed by atoms with Crippen molar-refractivity contribution in [1.29, 1.82) is 0 Å². The van der Waals surface area contributed by atoms with Crippen molar-refractivity contribution < 1.29 is 9.21 Å². The number of aromatic amines is 1. The summed E-state index contributed by atoms with van der Waals surface area (Å²) in [4.78, 5) is 31.2. The number of benzene rings is 1. The number of carbonyl (C=O) groups is 1. The van der Waals surface area contributed by atoms with E-state index in [4.69, 9.17) is 4.42 Å². The van der Waals surface area contributed by atoms with Crippen molar-refractivity contribution in [3.63, 3.8) is 0 Å². The molecule has 0 aliphatic carbocycles. The molecule has 3 aromatic heterocycles. The molecule has 0 fully saturated rings. The molecule has 7 nitrogen and oxygen atoms in total. The summed E-state index contributed by atoms with van der Waals surface area (Å²) in [7, 11) is 0. The minimum absolute atomic E-state index is 0.297. The lowest BCUT2D eigenvalue weighted by molar-refractivity contribution is 0.102. The van der Waals surface area contributed by atoms with Gasteiger partial charge >= 0.3 is 5.76 Å². The van der Waals surface area contributed by atoms with E-state index in [0.29, 0.717) is 28.4 Å². The van der Waals surface area contributed by atoms with Crippen LogP contribution in [0.1, 0.15) is 30.2 Å². The summed E-state index contributed by atoms with van der Waals surface area (Å²) in [5.41, 5.74) is 2.67. The predicted octanol–water partition coefficient (Wildman–Crippen LogP) is 3.22. The highest BCUT2D eigenvalue weighted by Gasteiger charge is 2.18. The van der Waals surface area contributed by atoms with E-state index < -0.39 is 5.76 Å². The van der Waals surface area contributed by atoms with Gasteiger partial charge in [0.1, 0.15) is 5.82 Å². The maximum Gasteiger partial charge on any atom is 0.417 e. The Morgan fingerprint density at radius 1 is 1.31 bits per heavy atom. The average Bonchev–Trinajstić information content (AvgIpc) is 3.14. The molecule has 0 atom stereocenters. The van der Waals surface area contributed by atoms with E-state index in [2.05, 4.69) is 29.1 Å². The number of H-pyrrole nitrogens is 1. The second-order valence-electron chi connectivity index (χ2n) is 6.61.